The maximum Gasteiger partial charge on any atom is 0.147 e. The van der Waals surface area contributed by atoms with Gasteiger partial charge in [-0.05, 0) is 73.5 Å². The molecule has 3 unspecified atom stereocenters. The molecule has 4 aliphatic carbocycles. The maximum absolute atomic E-state index is 11.3. The monoisotopic (exact) mass is 314 g/mol. The van der Waals surface area contributed by atoms with E-state index in [1.807, 2.05) is 0 Å². The van der Waals surface area contributed by atoms with Crippen LogP contribution in [0.4, 0.5) is 0 Å². The van der Waals surface area contributed by atoms with Crippen molar-refractivity contribution in [2.45, 2.75) is 71.3 Å². The van der Waals surface area contributed by atoms with Crippen LogP contribution in [0.25, 0.3) is 0 Å². The van der Waals surface area contributed by atoms with E-state index in [1.54, 1.807) is 0 Å². The number of aliphatic hydroxyl groups excluding tert-OH is 1. The van der Waals surface area contributed by atoms with Crippen LogP contribution in [-0.2, 0) is 9.84 Å². The van der Waals surface area contributed by atoms with Gasteiger partial charge in [-0.1, -0.05) is 13.8 Å². The first-order chi connectivity index (χ1) is 9.51. The van der Waals surface area contributed by atoms with E-state index in [4.69, 9.17) is 0 Å². The minimum Gasteiger partial charge on any atom is -0.393 e. The lowest BCUT2D eigenvalue weighted by atomic mass is 9.39. The van der Waals surface area contributed by atoms with Crippen LogP contribution in [0.5, 0.6) is 0 Å². The molecule has 21 heavy (non-hydrogen) atoms. The van der Waals surface area contributed by atoms with Crippen molar-refractivity contribution in [2.24, 2.45) is 22.2 Å². The topological polar surface area (TPSA) is 54.4 Å². The van der Waals surface area contributed by atoms with E-state index in [0.717, 1.165) is 12.3 Å². The van der Waals surface area contributed by atoms with Gasteiger partial charge >= 0.3 is 0 Å². The van der Waals surface area contributed by atoms with E-state index >= 15 is 0 Å². The summed E-state index contributed by atoms with van der Waals surface area (Å²) in [4.78, 5) is 0. The zero-order chi connectivity index (χ0) is 15.5. The molecule has 4 fully saturated rings. The highest BCUT2D eigenvalue weighted by Crippen LogP contribution is 2.70. The Kier molecular flexibility index (Phi) is 3.54. The first-order valence-electron chi connectivity index (χ1n) is 8.37. The van der Waals surface area contributed by atoms with Crippen LogP contribution >= 0.6 is 0 Å². The molecule has 0 aromatic rings. The van der Waals surface area contributed by atoms with Crippen LogP contribution in [0.1, 0.15) is 65.2 Å². The predicted octanol–water partition coefficient (Wildman–Crippen LogP) is 3.17. The second-order valence-corrected chi connectivity index (χ2v) is 11.7. The molecule has 3 atom stereocenters. The van der Waals surface area contributed by atoms with Gasteiger partial charge in [-0.2, -0.15) is 0 Å². The van der Waals surface area contributed by atoms with E-state index < -0.39 is 15.9 Å². The van der Waals surface area contributed by atoms with E-state index in [-0.39, 0.29) is 11.2 Å². The van der Waals surface area contributed by atoms with Gasteiger partial charge in [-0.15, -0.1) is 0 Å². The lowest BCUT2D eigenvalue weighted by Gasteiger charge is -2.66. The summed E-state index contributed by atoms with van der Waals surface area (Å²) in [5, 5.41) is 10.4. The number of sulfone groups is 1. The molecule has 0 amide bonds. The van der Waals surface area contributed by atoms with Crippen LogP contribution in [0.3, 0.4) is 0 Å². The van der Waals surface area contributed by atoms with Crippen LogP contribution in [0.2, 0.25) is 0 Å². The van der Waals surface area contributed by atoms with Crippen molar-refractivity contribution < 1.29 is 13.5 Å². The molecule has 3 nitrogen and oxygen atoms in total. The molecule has 0 saturated heterocycles. The molecule has 4 rings (SSSR count). The highest BCUT2D eigenvalue weighted by molar-refractivity contribution is 7.90. The molecule has 4 bridgehead atoms. The van der Waals surface area contributed by atoms with Gasteiger partial charge in [0.15, 0.2) is 0 Å². The fraction of sp³-hybridized carbons (Fsp3) is 1.00. The molecule has 4 heteroatoms. The summed E-state index contributed by atoms with van der Waals surface area (Å²) in [6, 6.07) is 0. The number of rotatable bonds is 5. The summed E-state index contributed by atoms with van der Waals surface area (Å²) >= 11 is 0. The van der Waals surface area contributed by atoms with Crippen molar-refractivity contribution in [3.8, 4) is 0 Å². The summed E-state index contributed by atoms with van der Waals surface area (Å²) in [7, 11) is -2.97. The van der Waals surface area contributed by atoms with Gasteiger partial charge in [-0.25, -0.2) is 8.42 Å². The third kappa shape index (κ3) is 3.31. The Morgan fingerprint density at radius 1 is 1.10 bits per heavy atom. The van der Waals surface area contributed by atoms with Gasteiger partial charge < -0.3 is 5.11 Å². The Morgan fingerprint density at radius 2 is 1.67 bits per heavy atom. The highest BCUT2D eigenvalue weighted by atomic mass is 32.2. The van der Waals surface area contributed by atoms with E-state index in [9.17, 15) is 13.5 Å². The Bertz CT molecular complexity index is 506. The molecule has 0 spiro atoms. The first-order valence-corrected chi connectivity index (χ1v) is 10.4. The number of hydrogen-bond donors (Lipinski definition) is 1. The summed E-state index contributed by atoms with van der Waals surface area (Å²) < 4.78 is 22.6. The second-order valence-electron chi connectivity index (χ2n) is 9.41. The maximum atomic E-state index is 11.3. The Morgan fingerprint density at radius 3 is 2.14 bits per heavy atom. The molecule has 0 radical (unpaired) electrons. The minimum absolute atomic E-state index is 0.113. The zero-order valence-electron chi connectivity index (χ0n) is 13.7. The van der Waals surface area contributed by atoms with Crippen molar-refractivity contribution in [3.05, 3.63) is 0 Å². The van der Waals surface area contributed by atoms with E-state index in [0.29, 0.717) is 17.3 Å². The standard InChI is InChI=1S/C17H30O3S/c1-15-6-13-7-16(2,10-15)12-17(8-13,11-15)9-14(18)4-5-21(3,19)20/h13-14,18H,4-12H2,1-3H3. The lowest BCUT2D eigenvalue weighted by Crippen LogP contribution is -2.55. The van der Waals surface area contributed by atoms with Gasteiger partial charge in [-0.3, -0.25) is 0 Å². The fourth-order valence-electron chi connectivity index (χ4n) is 6.86. The third-order valence-electron chi connectivity index (χ3n) is 6.23. The normalized spacial score (nSPS) is 46.8. The average molecular weight is 314 g/mol. The summed E-state index contributed by atoms with van der Waals surface area (Å²) in [5.74, 6) is 0.945. The quantitative estimate of drug-likeness (QED) is 0.848. The minimum atomic E-state index is -2.97. The molecule has 0 aliphatic heterocycles. The molecule has 4 aliphatic rings. The first kappa shape index (κ1) is 15.8. The van der Waals surface area contributed by atoms with Crippen molar-refractivity contribution in [2.75, 3.05) is 12.0 Å². The van der Waals surface area contributed by atoms with Gasteiger partial charge in [0.05, 0.1) is 11.9 Å². The predicted molar refractivity (Wildman–Crippen MR) is 84.8 cm³/mol. The van der Waals surface area contributed by atoms with Gasteiger partial charge in [0.2, 0.25) is 0 Å². The fourth-order valence-corrected chi connectivity index (χ4v) is 7.56. The summed E-state index contributed by atoms with van der Waals surface area (Å²) in [5.41, 5.74) is 1.20. The van der Waals surface area contributed by atoms with Crippen molar-refractivity contribution >= 4 is 9.84 Å². The van der Waals surface area contributed by atoms with Crippen LogP contribution in [0, 0.1) is 22.2 Å². The molecular formula is C17H30O3S. The number of aliphatic hydroxyl groups is 1. The lowest BCUT2D eigenvalue weighted by molar-refractivity contribution is -0.156. The largest absolute Gasteiger partial charge is 0.393 e. The van der Waals surface area contributed by atoms with Crippen LogP contribution in [0.15, 0.2) is 0 Å². The Labute approximate surface area is 129 Å². The molecule has 4 saturated carbocycles. The van der Waals surface area contributed by atoms with Crippen molar-refractivity contribution in [1.29, 1.82) is 0 Å². The van der Waals surface area contributed by atoms with Crippen LogP contribution in [-0.4, -0.2) is 31.6 Å². The smallest absolute Gasteiger partial charge is 0.147 e. The molecule has 0 aromatic heterocycles. The molecule has 1 N–H and O–H groups in total. The summed E-state index contributed by atoms with van der Waals surface area (Å²) in [6.07, 6.45) is 9.82. The highest BCUT2D eigenvalue weighted by Gasteiger charge is 2.60. The van der Waals surface area contributed by atoms with Crippen LogP contribution < -0.4 is 0 Å². The summed E-state index contributed by atoms with van der Waals surface area (Å²) in [6.45, 7) is 4.88. The molecule has 0 aromatic carbocycles. The van der Waals surface area contributed by atoms with E-state index in [1.165, 1.54) is 44.8 Å². The van der Waals surface area contributed by atoms with Gasteiger partial charge in [0.25, 0.3) is 0 Å². The SMILES string of the molecule is CC12CC3CC(C)(C1)CC(CC(O)CCS(C)(=O)=O)(C3)C2. The van der Waals surface area contributed by atoms with Crippen molar-refractivity contribution in [3.63, 3.8) is 0 Å². The van der Waals surface area contributed by atoms with E-state index in [2.05, 4.69) is 13.8 Å². The molecule has 0 heterocycles. The van der Waals surface area contributed by atoms with Gasteiger partial charge in [0, 0.05) is 6.26 Å². The zero-order valence-corrected chi connectivity index (χ0v) is 14.5. The molecule has 122 valence electrons. The van der Waals surface area contributed by atoms with Crippen molar-refractivity contribution in [1.82, 2.24) is 0 Å². The van der Waals surface area contributed by atoms with Gasteiger partial charge in [0.1, 0.15) is 9.84 Å². The molecular weight excluding hydrogens is 284 g/mol. The number of hydrogen-bond acceptors (Lipinski definition) is 3. The second kappa shape index (κ2) is 4.70. The average Bonchev–Trinajstić information content (AvgIpc) is 2.19. The Balaban J connectivity index is 1.70. The Hall–Kier alpha value is -0.0900. The third-order valence-corrected chi connectivity index (χ3v) is 7.21.